The van der Waals surface area contributed by atoms with Crippen molar-refractivity contribution in [1.82, 2.24) is 18.7 Å². The van der Waals surface area contributed by atoms with E-state index < -0.39 is 16.1 Å². The molecule has 1 amide bonds. The molecule has 0 aliphatic rings. The first-order chi connectivity index (χ1) is 10.5. The first kappa shape index (κ1) is 14.8. The molecule has 2 N–H and O–H groups in total. The van der Waals surface area contributed by atoms with Crippen LogP contribution in [-0.2, 0) is 10.0 Å². The normalized spacial score (nSPS) is 11.6. The van der Waals surface area contributed by atoms with Crippen LogP contribution in [0, 0.1) is 0 Å². The Balaban J connectivity index is 2.22. The molecule has 114 valence electrons. The number of nitrogens with one attached hydrogen (secondary N) is 1. The van der Waals surface area contributed by atoms with Gasteiger partial charge in [0.1, 0.15) is 9.73 Å². The van der Waals surface area contributed by atoms with Gasteiger partial charge in [-0.15, -0.1) is 11.3 Å². The molecule has 11 heteroatoms. The number of aromatic nitrogens is 3. The molecule has 0 fully saturated rings. The standard InChI is InChI=1S/C11H8N4O4S3/c16-11(17)14-21-10-13-9-7(3-1-5-12-9)15(10)22(18,19)8-4-2-6-20-8/h1-6,14H,(H,16,17). The van der Waals surface area contributed by atoms with Crippen LogP contribution < -0.4 is 4.72 Å². The van der Waals surface area contributed by atoms with Gasteiger partial charge in [-0.1, -0.05) is 6.07 Å². The van der Waals surface area contributed by atoms with Gasteiger partial charge in [-0.25, -0.2) is 13.8 Å². The fourth-order valence-corrected chi connectivity index (χ4v) is 5.06. The van der Waals surface area contributed by atoms with Crippen molar-refractivity contribution in [3.8, 4) is 0 Å². The largest absolute Gasteiger partial charge is 0.464 e. The average Bonchev–Trinajstić information content (AvgIpc) is 3.12. The predicted molar refractivity (Wildman–Crippen MR) is 81.4 cm³/mol. The Morgan fingerprint density at radius 3 is 2.86 bits per heavy atom. The topological polar surface area (TPSA) is 114 Å². The van der Waals surface area contributed by atoms with Gasteiger partial charge in [-0.2, -0.15) is 13.4 Å². The van der Waals surface area contributed by atoms with Crippen LogP contribution in [0.3, 0.4) is 0 Å². The molecule has 0 saturated heterocycles. The summed E-state index contributed by atoms with van der Waals surface area (Å²) >= 11 is 1.66. The lowest BCUT2D eigenvalue weighted by Gasteiger charge is -2.07. The predicted octanol–water partition coefficient (Wildman–Crippen LogP) is 2.00. The van der Waals surface area contributed by atoms with E-state index in [4.69, 9.17) is 5.11 Å². The van der Waals surface area contributed by atoms with Crippen LogP contribution in [0.15, 0.2) is 45.2 Å². The van der Waals surface area contributed by atoms with Crippen LogP contribution in [0.25, 0.3) is 11.2 Å². The van der Waals surface area contributed by atoms with Crippen molar-refractivity contribution in [1.29, 1.82) is 0 Å². The second-order valence-electron chi connectivity index (χ2n) is 3.95. The summed E-state index contributed by atoms with van der Waals surface area (Å²) in [5.74, 6) is 0. The summed E-state index contributed by atoms with van der Waals surface area (Å²) in [5, 5.41) is 10.3. The van der Waals surface area contributed by atoms with E-state index >= 15 is 0 Å². The zero-order chi connectivity index (χ0) is 15.7. The van der Waals surface area contributed by atoms with Crippen molar-refractivity contribution in [2.45, 2.75) is 9.37 Å². The molecule has 22 heavy (non-hydrogen) atoms. The van der Waals surface area contributed by atoms with E-state index in [2.05, 4.69) is 9.97 Å². The van der Waals surface area contributed by atoms with Gasteiger partial charge in [0, 0.05) is 18.1 Å². The van der Waals surface area contributed by atoms with Crippen molar-refractivity contribution in [3.63, 3.8) is 0 Å². The minimum Gasteiger partial charge on any atom is -0.464 e. The highest BCUT2D eigenvalue weighted by Gasteiger charge is 2.26. The second-order valence-corrected chi connectivity index (χ2v) is 7.69. The summed E-state index contributed by atoms with van der Waals surface area (Å²) < 4.78 is 28.7. The van der Waals surface area contributed by atoms with E-state index in [1.54, 1.807) is 23.6 Å². The monoisotopic (exact) mass is 356 g/mol. The highest BCUT2D eigenvalue weighted by Crippen LogP contribution is 2.28. The minimum atomic E-state index is -3.88. The minimum absolute atomic E-state index is 0.0236. The van der Waals surface area contributed by atoms with Gasteiger partial charge in [0.2, 0.25) is 5.16 Å². The van der Waals surface area contributed by atoms with Gasteiger partial charge in [0.15, 0.2) is 5.65 Å². The number of amides is 1. The number of hydrogen-bond donors (Lipinski definition) is 2. The molecule has 0 aliphatic heterocycles. The molecule has 0 bridgehead atoms. The van der Waals surface area contributed by atoms with Gasteiger partial charge in [-0.3, -0.25) is 4.72 Å². The maximum absolute atomic E-state index is 12.8. The number of rotatable bonds is 4. The lowest BCUT2D eigenvalue weighted by Crippen LogP contribution is -2.17. The van der Waals surface area contributed by atoms with Crippen molar-refractivity contribution >= 4 is 50.6 Å². The molecule has 8 nitrogen and oxygen atoms in total. The third-order valence-corrected chi connectivity index (χ3v) is 6.51. The number of fused-ring (bicyclic) bond motifs is 1. The molecule has 0 aliphatic carbocycles. The molecule has 0 radical (unpaired) electrons. The second kappa shape index (κ2) is 5.59. The van der Waals surface area contributed by atoms with Crippen molar-refractivity contribution in [2.75, 3.05) is 0 Å². The molecular weight excluding hydrogens is 348 g/mol. The number of nitrogens with zero attached hydrogens (tertiary/aromatic N) is 3. The summed E-state index contributed by atoms with van der Waals surface area (Å²) in [4.78, 5) is 18.7. The fraction of sp³-hybridized carbons (Fsp3) is 0. The van der Waals surface area contributed by atoms with Gasteiger partial charge in [-0.05, 0) is 23.6 Å². The Kier molecular flexibility index (Phi) is 3.76. The smallest absolute Gasteiger partial charge is 0.415 e. The molecule has 0 aromatic carbocycles. The Labute approximate surface area is 133 Å². The molecule has 3 aromatic heterocycles. The number of pyridine rings is 1. The molecule has 0 atom stereocenters. The van der Waals surface area contributed by atoms with Gasteiger partial charge in [0.05, 0.1) is 0 Å². The molecular formula is C11H8N4O4S3. The summed E-state index contributed by atoms with van der Waals surface area (Å²) in [7, 11) is -3.88. The lowest BCUT2D eigenvalue weighted by molar-refractivity contribution is 0.202. The van der Waals surface area contributed by atoms with E-state index in [1.807, 2.05) is 4.72 Å². The van der Waals surface area contributed by atoms with Crippen LogP contribution >= 0.6 is 23.3 Å². The van der Waals surface area contributed by atoms with Crippen molar-refractivity contribution in [2.24, 2.45) is 0 Å². The van der Waals surface area contributed by atoms with Gasteiger partial charge in [0.25, 0.3) is 10.0 Å². The first-order valence-corrected chi connectivity index (χ1v) is 8.92. The Bertz CT molecular complexity index is 934. The van der Waals surface area contributed by atoms with E-state index in [0.717, 1.165) is 15.3 Å². The molecule has 0 unspecified atom stereocenters. The van der Waals surface area contributed by atoms with Crippen LogP contribution in [-0.4, -0.2) is 33.6 Å². The van der Waals surface area contributed by atoms with Crippen molar-refractivity contribution in [3.05, 3.63) is 35.8 Å². The zero-order valence-electron chi connectivity index (χ0n) is 10.7. The van der Waals surface area contributed by atoms with Gasteiger partial charge < -0.3 is 5.11 Å². The molecule has 3 aromatic rings. The number of imidazole rings is 1. The molecule has 3 heterocycles. The quantitative estimate of drug-likeness (QED) is 0.687. The molecule has 0 saturated carbocycles. The lowest BCUT2D eigenvalue weighted by atomic mass is 10.4. The molecule has 0 spiro atoms. The first-order valence-electron chi connectivity index (χ1n) is 5.78. The Hall–Kier alpha value is -2.11. The third kappa shape index (κ3) is 2.53. The summed E-state index contributed by atoms with van der Waals surface area (Å²) in [6, 6.07) is 6.24. The SMILES string of the molecule is O=C(O)NSc1nc2ncccc2n1S(=O)(=O)c1cccs1. The summed E-state index contributed by atoms with van der Waals surface area (Å²) in [5.41, 5.74) is 0.503. The number of carboxylic acid groups (broad SMARTS) is 1. The molecule has 3 rings (SSSR count). The Morgan fingerprint density at radius 1 is 1.36 bits per heavy atom. The van der Waals surface area contributed by atoms with E-state index in [0.29, 0.717) is 11.9 Å². The summed E-state index contributed by atoms with van der Waals surface area (Å²) in [6.45, 7) is 0. The van der Waals surface area contributed by atoms with E-state index in [-0.39, 0.29) is 20.5 Å². The van der Waals surface area contributed by atoms with Crippen LogP contribution in [0.4, 0.5) is 4.79 Å². The van der Waals surface area contributed by atoms with Crippen molar-refractivity contribution < 1.29 is 18.3 Å². The number of thiophene rings is 1. The highest BCUT2D eigenvalue weighted by atomic mass is 32.2. The van der Waals surface area contributed by atoms with Crippen LogP contribution in [0.5, 0.6) is 0 Å². The summed E-state index contributed by atoms with van der Waals surface area (Å²) in [6.07, 6.45) is 0.182. The van der Waals surface area contributed by atoms with Crippen LogP contribution in [0.1, 0.15) is 0 Å². The van der Waals surface area contributed by atoms with Gasteiger partial charge >= 0.3 is 6.09 Å². The fourth-order valence-electron chi connectivity index (χ4n) is 1.76. The maximum Gasteiger partial charge on any atom is 0.415 e. The number of carbonyl (C=O) groups is 1. The van der Waals surface area contributed by atoms with Crippen LogP contribution in [0.2, 0.25) is 0 Å². The van der Waals surface area contributed by atoms with E-state index in [9.17, 15) is 13.2 Å². The van der Waals surface area contributed by atoms with E-state index in [1.165, 1.54) is 12.3 Å². The average molecular weight is 356 g/mol. The highest BCUT2D eigenvalue weighted by molar-refractivity contribution is 7.99. The number of hydrogen-bond acceptors (Lipinski definition) is 7. The Morgan fingerprint density at radius 2 is 2.18 bits per heavy atom. The zero-order valence-corrected chi connectivity index (χ0v) is 13.2. The maximum atomic E-state index is 12.8. The third-order valence-electron chi connectivity index (χ3n) is 2.58.